The highest BCUT2D eigenvalue weighted by molar-refractivity contribution is 7.88. The molecule has 132 valence electrons. The SMILES string of the molecule is Nc1ccc(-c2nc3ccccc3s2)c(Cl)c1OS(=O)(=O)C(F)(F)F. The number of nitrogens with zero attached hydrogens (tertiary/aromatic N) is 1. The highest BCUT2D eigenvalue weighted by atomic mass is 35.5. The Kier molecular flexibility index (Phi) is 4.30. The van der Waals surface area contributed by atoms with Crippen LogP contribution in [0.5, 0.6) is 5.75 Å². The van der Waals surface area contributed by atoms with E-state index in [0.717, 1.165) is 4.70 Å². The number of hydrogen-bond donors (Lipinski definition) is 1. The molecule has 0 amide bonds. The predicted molar refractivity (Wildman–Crippen MR) is 90.1 cm³/mol. The fourth-order valence-electron chi connectivity index (χ4n) is 1.97. The van der Waals surface area contributed by atoms with Gasteiger partial charge in [-0.1, -0.05) is 23.7 Å². The molecule has 2 aromatic carbocycles. The molecule has 0 aliphatic rings. The van der Waals surface area contributed by atoms with E-state index in [-0.39, 0.29) is 16.3 Å². The van der Waals surface area contributed by atoms with Crippen LogP contribution in [0, 0.1) is 0 Å². The van der Waals surface area contributed by atoms with Gasteiger partial charge in [0.15, 0.2) is 5.75 Å². The van der Waals surface area contributed by atoms with E-state index in [1.165, 1.54) is 23.5 Å². The maximum Gasteiger partial charge on any atom is 0.534 e. The number of nitrogens with two attached hydrogens (primary N) is 1. The third kappa shape index (κ3) is 3.24. The highest BCUT2D eigenvalue weighted by Crippen LogP contribution is 2.43. The third-order valence-electron chi connectivity index (χ3n) is 3.13. The zero-order chi connectivity index (χ0) is 18.4. The minimum atomic E-state index is -5.90. The topological polar surface area (TPSA) is 82.3 Å². The summed E-state index contributed by atoms with van der Waals surface area (Å²) >= 11 is 7.30. The molecule has 0 aliphatic carbocycles. The number of hydrogen-bond acceptors (Lipinski definition) is 6. The number of benzene rings is 2. The molecule has 0 saturated heterocycles. The number of thiazole rings is 1. The third-order valence-corrected chi connectivity index (χ3v) is 5.53. The summed E-state index contributed by atoms with van der Waals surface area (Å²) in [6.07, 6.45) is 0. The number of nitrogen functional groups attached to an aromatic ring is 1. The number of alkyl halides is 3. The average Bonchev–Trinajstić information content (AvgIpc) is 2.94. The number of fused-ring (bicyclic) bond motifs is 1. The summed E-state index contributed by atoms with van der Waals surface area (Å²) in [5.41, 5.74) is 0.468. The lowest BCUT2D eigenvalue weighted by atomic mass is 10.2. The van der Waals surface area contributed by atoms with Gasteiger partial charge in [-0.25, -0.2) is 4.98 Å². The van der Waals surface area contributed by atoms with Crippen LogP contribution in [-0.4, -0.2) is 18.9 Å². The summed E-state index contributed by atoms with van der Waals surface area (Å²) in [7, 11) is -5.90. The van der Waals surface area contributed by atoms with E-state index in [1.807, 2.05) is 6.07 Å². The van der Waals surface area contributed by atoms with Gasteiger partial charge in [-0.15, -0.1) is 11.3 Å². The molecule has 11 heteroatoms. The Balaban J connectivity index is 2.12. The van der Waals surface area contributed by atoms with Crippen molar-refractivity contribution >= 4 is 49.0 Å². The van der Waals surface area contributed by atoms with Crippen LogP contribution in [-0.2, 0) is 10.1 Å². The van der Waals surface area contributed by atoms with Gasteiger partial charge in [0.2, 0.25) is 0 Å². The fourth-order valence-corrected chi connectivity index (χ4v) is 3.86. The van der Waals surface area contributed by atoms with Crippen LogP contribution >= 0.6 is 22.9 Å². The van der Waals surface area contributed by atoms with Crippen LogP contribution in [0.15, 0.2) is 36.4 Å². The quantitative estimate of drug-likeness (QED) is 0.394. The molecule has 0 aliphatic heterocycles. The minimum Gasteiger partial charge on any atom is -0.396 e. The molecule has 1 aromatic heterocycles. The second-order valence-corrected chi connectivity index (χ2v) is 7.76. The van der Waals surface area contributed by atoms with Gasteiger partial charge in [-0.3, -0.25) is 0 Å². The second kappa shape index (κ2) is 6.04. The maximum atomic E-state index is 12.5. The largest absolute Gasteiger partial charge is 0.534 e. The van der Waals surface area contributed by atoms with Crippen molar-refractivity contribution in [2.24, 2.45) is 0 Å². The van der Waals surface area contributed by atoms with Gasteiger partial charge in [0, 0.05) is 5.56 Å². The Labute approximate surface area is 148 Å². The molecule has 3 aromatic rings. The van der Waals surface area contributed by atoms with Gasteiger partial charge in [0.25, 0.3) is 0 Å². The Morgan fingerprint density at radius 2 is 1.84 bits per heavy atom. The first-order chi connectivity index (χ1) is 11.6. The molecule has 0 spiro atoms. The van der Waals surface area contributed by atoms with Crippen molar-refractivity contribution in [3.8, 4) is 16.3 Å². The first-order valence-corrected chi connectivity index (χ1v) is 9.15. The number of para-hydroxylation sites is 1. The lowest BCUT2D eigenvalue weighted by Gasteiger charge is -2.13. The highest BCUT2D eigenvalue weighted by Gasteiger charge is 2.49. The summed E-state index contributed by atoms with van der Waals surface area (Å²) in [5.74, 6) is -0.782. The monoisotopic (exact) mass is 408 g/mol. The molecule has 25 heavy (non-hydrogen) atoms. The summed E-state index contributed by atoms with van der Waals surface area (Å²) < 4.78 is 65.1. The van der Waals surface area contributed by atoms with Crippen LogP contribution in [0.25, 0.3) is 20.8 Å². The minimum absolute atomic E-state index is 0.212. The molecule has 0 bridgehead atoms. The first kappa shape index (κ1) is 17.8. The van der Waals surface area contributed by atoms with Gasteiger partial charge >= 0.3 is 15.6 Å². The van der Waals surface area contributed by atoms with Gasteiger partial charge < -0.3 is 9.92 Å². The molecule has 0 fully saturated rings. The predicted octanol–water partition coefficient (Wildman–Crippen LogP) is 4.43. The van der Waals surface area contributed by atoms with E-state index >= 15 is 0 Å². The molecule has 0 atom stereocenters. The van der Waals surface area contributed by atoms with Crippen molar-refractivity contribution in [3.05, 3.63) is 41.4 Å². The van der Waals surface area contributed by atoms with Crippen LogP contribution < -0.4 is 9.92 Å². The Hall–Kier alpha value is -2.04. The molecule has 2 N–H and O–H groups in total. The van der Waals surface area contributed by atoms with Crippen molar-refractivity contribution in [2.45, 2.75) is 5.51 Å². The van der Waals surface area contributed by atoms with Crippen LogP contribution in [0.3, 0.4) is 0 Å². The zero-order valence-corrected chi connectivity index (χ0v) is 14.4. The van der Waals surface area contributed by atoms with E-state index in [1.54, 1.807) is 18.2 Å². The van der Waals surface area contributed by atoms with Crippen molar-refractivity contribution < 1.29 is 25.8 Å². The first-order valence-electron chi connectivity index (χ1n) is 6.55. The molecule has 5 nitrogen and oxygen atoms in total. The number of anilines is 1. The smallest absolute Gasteiger partial charge is 0.396 e. The maximum absolute atomic E-state index is 12.5. The fraction of sp³-hybridized carbons (Fsp3) is 0.0714. The summed E-state index contributed by atoms with van der Waals surface area (Å²) in [4.78, 5) is 4.33. The zero-order valence-electron chi connectivity index (χ0n) is 12.0. The van der Waals surface area contributed by atoms with Gasteiger partial charge in [0.1, 0.15) is 5.01 Å². The lowest BCUT2D eigenvalue weighted by Crippen LogP contribution is -2.28. The Morgan fingerprint density at radius 3 is 2.48 bits per heavy atom. The van der Waals surface area contributed by atoms with Gasteiger partial charge in [-0.05, 0) is 24.3 Å². The van der Waals surface area contributed by atoms with E-state index < -0.39 is 21.4 Å². The number of halogens is 4. The lowest BCUT2D eigenvalue weighted by molar-refractivity contribution is -0.0499. The van der Waals surface area contributed by atoms with Crippen LogP contribution in [0.4, 0.5) is 18.9 Å². The van der Waals surface area contributed by atoms with E-state index in [2.05, 4.69) is 9.17 Å². The van der Waals surface area contributed by atoms with E-state index in [9.17, 15) is 21.6 Å². The number of aromatic nitrogens is 1. The molecule has 3 rings (SSSR count). The van der Waals surface area contributed by atoms with Crippen molar-refractivity contribution in [2.75, 3.05) is 5.73 Å². The van der Waals surface area contributed by atoms with Crippen molar-refractivity contribution in [3.63, 3.8) is 0 Å². The van der Waals surface area contributed by atoms with E-state index in [4.69, 9.17) is 17.3 Å². The van der Waals surface area contributed by atoms with Crippen molar-refractivity contribution in [1.29, 1.82) is 0 Å². The van der Waals surface area contributed by atoms with Gasteiger partial charge in [0.05, 0.1) is 20.9 Å². The molecular weight excluding hydrogens is 401 g/mol. The van der Waals surface area contributed by atoms with Crippen LogP contribution in [0.2, 0.25) is 5.02 Å². The van der Waals surface area contributed by atoms with Gasteiger partial charge in [-0.2, -0.15) is 21.6 Å². The number of rotatable bonds is 3. The Bertz CT molecular complexity index is 1030. The normalized spacial score (nSPS) is 12.5. The molecule has 0 unspecified atom stereocenters. The molecule has 0 saturated carbocycles. The average molecular weight is 409 g/mol. The summed E-state index contributed by atoms with van der Waals surface area (Å²) in [6.45, 7) is 0. The second-order valence-electron chi connectivity index (χ2n) is 4.82. The summed E-state index contributed by atoms with van der Waals surface area (Å²) in [5, 5.41) is 0.0207. The molecular formula is C14H8ClF3N2O3S2. The molecule has 1 heterocycles. The van der Waals surface area contributed by atoms with Crippen LogP contribution in [0.1, 0.15) is 0 Å². The standard InChI is InChI=1S/C14H8ClF3N2O3S2/c15-11-7(13-20-9-3-1-2-4-10(9)24-13)5-6-8(19)12(11)23-25(21,22)14(16,17)18/h1-6H,19H2. The Morgan fingerprint density at radius 1 is 1.16 bits per heavy atom. The van der Waals surface area contributed by atoms with Crippen molar-refractivity contribution in [1.82, 2.24) is 4.98 Å². The summed E-state index contributed by atoms with van der Waals surface area (Å²) in [6, 6.07) is 9.79. The molecule has 0 radical (unpaired) electrons. The van der Waals surface area contributed by atoms with E-state index in [0.29, 0.717) is 10.5 Å².